The fraction of sp³-hybridized carbons (Fsp3) is 0.364. The highest BCUT2D eigenvalue weighted by Crippen LogP contribution is 2.24. The number of carbonyl (C=O) groups is 1. The third-order valence-corrected chi connectivity index (χ3v) is 2.49. The van der Waals surface area contributed by atoms with Gasteiger partial charge in [-0.2, -0.15) is 0 Å². The van der Waals surface area contributed by atoms with Gasteiger partial charge in [0.25, 0.3) is 5.69 Å². The monoisotopic (exact) mass is 225 g/mol. The Morgan fingerprint density at radius 1 is 1.56 bits per heavy atom. The first kappa shape index (κ1) is 12.3. The van der Waals surface area contributed by atoms with Gasteiger partial charge in [-0.15, -0.1) is 0 Å². The van der Waals surface area contributed by atoms with Crippen molar-refractivity contribution in [2.24, 2.45) is 0 Å². The summed E-state index contributed by atoms with van der Waals surface area (Å²) in [7, 11) is 0. The lowest BCUT2D eigenvalue weighted by atomic mass is 9.94. The maximum absolute atomic E-state index is 13.5. The number of nitro groups is 1. The number of halogens is 1. The largest absolute Gasteiger partial charge is 0.299 e. The Hall–Kier alpha value is -1.78. The molecule has 1 rings (SSSR count). The van der Waals surface area contributed by atoms with Gasteiger partial charge in [-0.05, 0) is 11.6 Å². The van der Waals surface area contributed by atoms with Gasteiger partial charge in [0.05, 0.1) is 11.0 Å². The molecule has 0 radical (unpaired) electrons. The van der Waals surface area contributed by atoms with E-state index in [4.69, 9.17) is 0 Å². The minimum absolute atomic E-state index is 0.0900. The molecule has 0 amide bonds. The molecular formula is C11H12FNO3. The Labute approximate surface area is 92.2 Å². The van der Waals surface area contributed by atoms with E-state index in [0.717, 1.165) is 6.07 Å². The van der Waals surface area contributed by atoms with Gasteiger partial charge >= 0.3 is 0 Å². The molecule has 0 aliphatic rings. The number of rotatable bonds is 4. The van der Waals surface area contributed by atoms with E-state index in [0.29, 0.717) is 6.42 Å². The van der Waals surface area contributed by atoms with Crippen molar-refractivity contribution in [3.05, 3.63) is 39.7 Å². The van der Waals surface area contributed by atoms with Crippen molar-refractivity contribution in [3.63, 3.8) is 0 Å². The number of hydrogen-bond acceptors (Lipinski definition) is 3. The summed E-state index contributed by atoms with van der Waals surface area (Å²) in [5, 5.41) is 10.4. The molecule has 1 unspecified atom stereocenters. The highest BCUT2D eigenvalue weighted by atomic mass is 19.1. The Morgan fingerprint density at radius 2 is 2.19 bits per heavy atom. The molecule has 1 atom stereocenters. The van der Waals surface area contributed by atoms with E-state index in [2.05, 4.69) is 0 Å². The molecule has 0 saturated heterocycles. The third-order valence-electron chi connectivity index (χ3n) is 2.49. The van der Waals surface area contributed by atoms with Crippen molar-refractivity contribution in [1.29, 1.82) is 0 Å². The summed E-state index contributed by atoms with van der Waals surface area (Å²) in [5.74, 6) is -1.36. The standard InChI is InChI=1S/C11H12FNO3/c1-3-11(14)7(2)9-5-4-8(13(15)16)6-10(9)12/h4-7H,3H2,1-2H3. The predicted molar refractivity (Wildman–Crippen MR) is 56.8 cm³/mol. The second-order valence-corrected chi connectivity index (χ2v) is 3.50. The van der Waals surface area contributed by atoms with Crippen LogP contribution in [-0.4, -0.2) is 10.7 Å². The third kappa shape index (κ3) is 2.42. The number of Topliss-reactive ketones (excluding diaryl/α,β-unsaturated/α-hetero) is 1. The highest BCUT2D eigenvalue weighted by Gasteiger charge is 2.19. The van der Waals surface area contributed by atoms with Crippen LogP contribution in [0.2, 0.25) is 0 Å². The average molecular weight is 225 g/mol. The minimum atomic E-state index is -0.705. The fourth-order valence-electron chi connectivity index (χ4n) is 1.46. The van der Waals surface area contributed by atoms with Crippen LogP contribution in [-0.2, 0) is 4.79 Å². The van der Waals surface area contributed by atoms with Crippen molar-refractivity contribution in [3.8, 4) is 0 Å². The van der Waals surface area contributed by atoms with Crippen LogP contribution in [0.4, 0.5) is 10.1 Å². The Morgan fingerprint density at radius 3 is 2.62 bits per heavy atom. The van der Waals surface area contributed by atoms with Crippen molar-refractivity contribution in [1.82, 2.24) is 0 Å². The molecule has 0 aliphatic carbocycles. The summed E-state index contributed by atoms with van der Waals surface area (Å²) in [6, 6.07) is 3.35. The van der Waals surface area contributed by atoms with Crippen molar-refractivity contribution < 1.29 is 14.1 Å². The van der Waals surface area contributed by atoms with E-state index >= 15 is 0 Å². The normalized spacial score (nSPS) is 12.2. The van der Waals surface area contributed by atoms with E-state index in [1.165, 1.54) is 12.1 Å². The van der Waals surface area contributed by atoms with Gasteiger partial charge in [0.2, 0.25) is 0 Å². The first-order chi connectivity index (χ1) is 7.47. The van der Waals surface area contributed by atoms with Gasteiger partial charge < -0.3 is 0 Å². The van der Waals surface area contributed by atoms with Crippen LogP contribution in [0.1, 0.15) is 31.7 Å². The van der Waals surface area contributed by atoms with Crippen molar-refractivity contribution in [2.45, 2.75) is 26.2 Å². The molecule has 0 N–H and O–H groups in total. The number of non-ortho nitro benzene ring substituents is 1. The minimum Gasteiger partial charge on any atom is -0.299 e. The molecule has 86 valence electrons. The Bertz CT molecular complexity index is 431. The lowest BCUT2D eigenvalue weighted by molar-refractivity contribution is -0.385. The van der Waals surface area contributed by atoms with E-state index in [-0.39, 0.29) is 17.0 Å². The van der Waals surface area contributed by atoms with E-state index in [1.54, 1.807) is 13.8 Å². The fourth-order valence-corrected chi connectivity index (χ4v) is 1.46. The topological polar surface area (TPSA) is 60.2 Å². The van der Waals surface area contributed by atoms with Gasteiger partial charge in [-0.25, -0.2) is 4.39 Å². The summed E-state index contributed by atoms with van der Waals surface area (Å²) in [5.41, 5.74) is -0.102. The summed E-state index contributed by atoms with van der Waals surface area (Å²) in [6.07, 6.45) is 0.317. The van der Waals surface area contributed by atoms with Gasteiger partial charge in [0.15, 0.2) is 0 Å². The van der Waals surface area contributed by atoms with Gasteiger partial charge in [-0.3, -0.25) is 14.9 Å². The zero-order chi connectivity index (χ0) is 12.3. The molecule has 4 nitrogen and oxygen atoms in total. The number of hydrogen-bond donors (Lipinski definition) is 0. The SMILES string of the molecule is CCC(=O)C(C)c1ccc([N+](=O)[O-])cc1F. The number of nitrogens with zero attached hydrogens (tertiary/aromatic N) is 1. The van der Waals surface area contributed by atoms with Crippen molar-refractivity contribution >= 4 is 11.5 Å². The lowest BCUT2D eigenvalue weighted by Crippen LogP contribution is -2.09. The second-order valence-electron chi connectivity index (χ2n) is 3.50. The molecule has 0 aromatic heterocycles. The molecule has 0 heterocycles. The summed E-state index contributed by atoms with van der Waals surface area (Å²) in [6.45, 7) is 3.29. The molecule has 1 aromatic carbocycles. The molecule has 16 heavy (non-hydrogen) atoms. The molecule has 0 fully saturated rings. The zero-order valence-electron chi connectivity index (χ0n) is 9.07. The number of benzene rings is 1. The highest BCUT2D eigenvalue weighted by molar-refractivity contribution is 5.85. The van der Waals surface area contributed by atoms with Gasteiger partial charge in [0.1, 0.15) is 11.6 Å². The zero-order valence-corrected chi connectivity index (χ0v) is 9.07. The number of ketones is 1. The predicted octanol–water partition coefficient (Wildman–Crippen LogP) is 2.82. The molecule has 0 aliphatic heterocycles. The molecule has 1 aromatic rings. The van der Waals surface area contributed by atoms with Crippen LogP contribution in [0.5, 0.6) is 0 Å². The van der Waals surface area contributed by atoms with Crippen LogP contribution >= 0.6 is 0 Å². The first-order valence-corrected chi connectivity index (χ1v) is 4.94. The number of nitro benzene ring substituents is 1. The van der Waals surface area contributed by atoms with Crippen LogP contribution in [0, 0.1) is 15.9 Å². The Kier molecular flexibility index (Phi) is 3.71. The molecule has 0 bridgehead atoms. The molecule has 0 saturated carbocycles. The van der Waals surface area contributed by atoms with E-state index in [9.17, 15) is 19.3 Å². The number of carbonyl (C=O) groups excluding carboxylic acids is 1. The summed E-state index contributed by atoms with van der Waals surface area (Å²) >= 11 is 0. The molecular weight excluding hydrogens is 213 g/mol. The average Bonchev–Trinajstić information content (AvgIpc) is 2.26. The van der Waals surface area contributed by atoms with Crippen LogP contribution in [0.15, 0.2) is 18.2 Å². The quantitative estimate of drug-likeness (QED) is 0.584. The van der Waals surface area contributed by atoms with Gasteiger partial charge in [-0.1, -0.05) is 13.8 Å². The molecule has 5 heteroatoms. The molecule has 0 spiro atoms. The van der Waals surface area contributed by atoms with Crippen LogP contribution < -0.4 is 0 Å². The van der Waals surface area contributed by atoms with Crippen LogP contribution in [0.3, 0.4) is 0 Å². The maximum atomic E-state index is 13.5. The van der Waals surface area contributed by atoms with Crippen LogP contribution in [0.25, 0.3) is 0 Å². The summed E-state index contributed by atoms with van der Waals surface area (Å²) in [4.78, 5) is 21.1. The van der Waals surface area contributed by atoms with Crippen molar-refractivity contribution in [2.75, 3.05) is 0 Å². The van der Waals surface area contributed by atoms with E-state index in [1.807, 2.05) is 0 Å². The lowest BCUT2D eigenvalue weighted by Gasteiger charge is -2.10. The maximum Gasteiger partial charge on any atom is 0.272 e. The van der Waals surface area contributed by atoms with E-state index < -0.39 is 16.7 Å². The summed E-state index contributed by atoms with van der Waals surface area (Å²) < 4.78 is 13.5. The first-order valence-electron chi connectivity index (χ1n) is 4.94. The van der Waals surface area contributed by atoms with Gasteiger partial charge in [0, 0.05) is 18.4 Å². The second kappa shape index (κ2) is 4.83. The Balaban J connectivity index is 3.08. The smallest absolute Gasteiger partial charge is 0.272 e.